The average molecular weight is 272 g/mol. The van der Waals surface area contributed by atoms with Crippen molar-refractivity contribution >= 4 is 17.3 Å². The number of hydrogen-bond donors (Lipinski definition) is 2. The van der Waals surface area contributed by atoms with Crippen LogP contribution >= 0.6 is 0 Å². The van der Waals surface area contributed by atoms with Crippen LogP contribution in [0.2, 0.25) is 0 Å². The number of hydrogen-bond acceptors (Lipinski definition) is 2. The van der Waals surface area contributed by atoms with Crippen molar-refractivity contribution in [2.24, 2.45) is 0 Å². The van der Waals surface area contributed by atoms with Crippen LogP contribution in [0, 0.1) is 26.6 Å². The molecular formula is C16H17FN2O. The quantitative estimate of drug-likeness (QED) is 0.821. The summed E-state index contributed by atoms with van der Waals surface area (Å²) >= 11 is 0. The molecule has 2 aromatic rings. The van der Waals surface area contributed by atoms with E-state index in [1.165, 1.54) is 6.07 Å². The lowest BCUT2D eigenvalue weighted by Gasteiger charge is -2.13. The first-order chi connectivity index (χ1) is 9.40. The van der Waals surface area contributed by atoms with E-state index in [1.54, 1.807) is 31.2 Å². The van der Waals surface area contributed by atoms with Gasteiger partial charge in [0.1, 0.15) is 5.82 Å². The second-order valence-electron chi connectivity index (χ2n) is 4.92. The molecule has 0 saturated carbocycles. The highest BCUT2D eigenvalue weighted by Gasteiger charge is 2.15. The van der Waals surface area contributed by atoms with Crippen LogP contribution in [0.1, 0.15) is 27.0 Å². The Morgan fingerprint density at radius 2 is 1.70 bits per heavy atom. The number of amides is 1. The first kappa shape index (κ1) is 14.1. The Hall–Kier alpha value is -2.36. The lowest BCUT2D eigenvalue weighted by molar-refractivity contribution is 0.102. The van der Waals surface area contributed by atoms with E-state index in [2.05, 4.69) is 5.32 Å². The van der Waals surface area contributed by atoms with Crippen LogP contribution in [0.4, 0.5) is 15.8 Å². The SMILES string of the molecule is Cc1cccc(C(=O)Nc2c(C)cc(N)cc2C)c1F. The number of carbonyl (C=O) groups is 1. The molecule has 3 N–H and O–H groups in total. The van der Waals surface area contributed by atoms with Crippen molar-refractivity contribution < 1.29 is 9.18 Å². The molecule has 0 aromatic heterocycles. The third-order valence-electron chi connectivity index (χ3n) is 3.23. The predicted molar refractivity (Wildman–Crippen MR) is 79.4 cm³/mol. The Kier molecular flexibility index (Phi) is 3.74. The molecule has 1 amide bonds. The number of halogens is 1. The maximum absolute atomic E-state index is 13.9. The normalized spacial score (nSPS) is 10.4. The van der Waals surface area contributed by atoms with Gasteiger partial charge >= 0.3 is 0 Å². The van der Waals surface area contributed by atoms with Crippen LogP contribution in [0.5, 0.6) is 0 Å². The van der Waals surface area contributed by atoms with Crippen molar-refractivity contribution in [3.63, 3.8) is 0 Å². The van der Waals surface area contributed by atoms with Gasteiger partial charge in [-0.25, -0.2) is 4.39 Å². The minimum atomic E-state index is -0.490. The van der Waals surface area contributed by atoms with E-state index < -0.39 is 11.7 Å². The van der Waals surface area contributed by atoms with Crippen LogP contribution in [0.3, 0.4) is 0 Å². The fourth-order valence-electron chi connectivity index (χ4n) is 2.20. The van der Waals surface area contributed by atoms with E-state index in [1.807, 2.05) is 13.8 Å². The molecular weight excluding hydrogens is 255 g/mol. The summed E-state index contributed by atoms with van der Waals surface area (Å²) in [6.07, 6.45) is 0. The summed E-state index contributed by atoms with van der Waals surface area (Å²) in [6.45, 7) is 5.34. The molecule has 2 rings (SSSR count). The van der Waals surface area contributed by atoms with Crippen LogP contribution in [0.25, 0.3) is 0 Å². The molecule has 0 spiro atoms. The van der Waals surface area contributed by atoms with Crippen LogP contribution < -0.4 is 11.1 Å². The van der Waals surface area contributed by atoms with Crippen molar-refractivity contribution in [2.45, 2.75) is 20.8 Å². The minimum Gasteiger partial charge on any atom is -0.399 e. The lowest BCUT2D eigenvalue weighted by Crippen LogP contribution is -2.16. The van der Waals surface area contributed by atoms with Gasteiger partial charge in [0.2, 0.25) is 0 Å². The topological polar surface area (TPSA) is 55.1 Å². The maximum Gasteiger partial charge on any atom is 0.258 e. The number of nitrogen functional groups attached to an aromatic ring is 1. The highest BCUT2D eigenvalue weighted by molar-refractivity contribution is 6.05. The number of nitrogens with one attached hydrogen (secondary N) is 1. The van der Waals surface area contributed by atoms with Crippen LogP contribution in [-0.4, -0.2) is 5.91 Å². The molecule has 20 heavy (non-hydrogen) atoms. The number of aryl methyl sites for hydroxylation is 3. The molecule has 0 aliphatic rings. The maximum atomic E-state index is 13.9. The summed E-state index contributed by atoms with van der Waals surface area (Å²) in [5.74, 6) is -0.946. The van der Waals surface area contributed by atoms with Gasteiger partial charge in [0, 0.05) is 11.4 Å². The zero-order valence-corrected chi connectivity index (χ0v) is 11.8. The van der Waals surface area contributed by atoms with E-state index >= 15 is 0 Å². The molecule has 0 saturated heterocycles. The van der Waals surface area contributed by atoms with Gasteiger partial charge in [-0.3, -0.25) is 4.79 Å². The molecule has 0 aliphatic heterocycles. The van der Waals surface area contributed by atoms with E-state index in [0.717, 1.165) is 11.1 Å². The first-order valence-electron chi connectivity index (χ1n) is 6.33. The molecule has 4 heteroatoms. The Bertz CT molecular complexity index is 657. The van der Waals surface area contributed by atoms with Crippen molar-refractivity contribution in [2.75, 3.05) is 11.1 Å². The predicted octanol–water partition coefficient (Wildman–Crippen LogP) is 3.59. The highest BCUT2D eigenvalue weighted by atomic mass is 19.1. The first-order valence-corrected chi connectivity index (χ1v) is 6.33. The lowest BCUT2D eigenvalue weighted by atomic mass is 10.1. The Morgan fingerprint density at radius 1 is 1.10 bits per heavy atom. The molecule has 0 fully saturated rings. The van der Waals surface area contributed by atoms with E-state index in [4.69, 9.17) is 5.73 Å². The summed E-state index contributed by atoms with van der Waals surface area (Å²) in [5.41, 5.74) is 9.24. The Balaban J connectivity index is 2.36. The summed E-state index contributed by atoms with van der Waals surface area (Å²) in [4.78, 5) is 12.2. The van der Waals surface area contributed by atoms with Gasteiger partial charge in [0.05, 0.1) is 5.56 Å². The third kappa shape index (κ3) is 2.64. The monoisotopic (exact) mass is 272 g/mol. The molecule has 3 nitrogen and oxygen atoms in total. The average Bonchev–Trinajstić information content (AvgIpc) is 2.36. The second-order valence-corrected chi connectivity index (χ2v) is 4.92. The zero-order chi connectivity index (χ0) is 14.9. The molecule has 0 bridgehead atoms. The van der Waals surface area contributed by atoms with Crippen LogP contribution in [0.15, 0.2) is 30.3 Å². The molecule has 0 aliphatic carbocycles. The highest BCUT2D eigenvalue weighted by Crippen LogP contribution is 2.24. The summed E-state index contributed by atoms with van der Waals surface area (Å²) in [7, 11) is 0. The molecule has 104 valence electrons. The largest absolute Gasteiger partial charge is 0.399 e. The number of nitrogens with two attached hydrogens (primary N) is 1. The van der Waals surface area contributed by atoms with E-state index in [9.17, 15) is 9.18 Å². The van der Waals surface area contributed by atoms with Crippen molar-refractivity contribution in [1.29, 1.82) is 0 Å². The van der Waals surface area contributed by atoms with Gasteiger partial charge in [-0.2, -0.15) is 0 Å². The van der Waals surface area contributed by atoms with Gasteiger partial charge in [-0.1, -0.05) is 12.1 Å². The van der Waals surface area contributed by atoms with Crippen molar-refractivity contribution in [1.82, 2.24) is 0 Å². The third-order valence-corrected chi connectivity index (χ3v) is 3.23. The zero-order valence-electron chi connectivity index (χ0n) is 11.8. The fourth-order valence-corrected chi connectivity index (χ4v) is 2.20. The van der Waals surface area contributed by atoms with Gasteiger partial charge in [0.25, 0.3) is 5.91 Å². The fraction of sp³-hybridized carbons (Fsp3) is 0.188. The number of rotatable bonds is 2. The molecule has 2 aromatic carbocycles. The van der Waals surface area contributed by atoms with Gasteiger partial charge in [0.15, 0.2) is 0 Å². The molecule has 0 heterocycles. The molecule has 0 atom stereocenters. The second kappa shape index (κ2) is 5.33. The van der Waals surface area contributed by atoms with E-state index in [-0.39, 0.29) is 5.56 Å². The number of anilines is 2. The Labute approximate surface area is 117 Å². The van der Waals surface area contributed by atoms with Gasteiger partial charge in [-0.15, -0.1) is 0 Å². The van der Waals surface area contributed by atoms with E-state index in [0.29, 0.717) is 16.9 Å². The minimum absolute atomic E-state index is 0.0422. The molecule has 0 radical (unpaired) electrons. The summed E-state index contributed by atoms with van der Waals surface area (Å²) in [6, 6.07) is 8.31. The summed E-state index contributed by atoms with van der Waals surface area (Å²) < 4.78 is 13.9. The smallest absolute Gasteiger partial charge is 0.258 e. The van der Waals surface area contributed by atoms with Crippen LogP contribution in [-0.2, 0) is 0 Å². The van der Waals surface area contributed by atoms with Crippen molar-refractivity contribution in [3.05, 3.63) is 58.4 Å². The van der Waals surface area contributed by atoms with Crippen molar-refractivity contribution in [3.8, 4) is 0 Å². The van der Waals surface area contributed by atoms with Gasteiger partial charge < -0.3 is 11.1 Å². The standard InChI is InChI=1S/C16H17FN2O/c1-9-5-4-6-13(14(9)17)16(20)19-15-10(2)7-12(18)8-11(15)3/h4-8H,18H2,1-3H3,(H,19,20). The Morgan fingerprint density at radius 3 is 2.30 bits per heavy atom. The summed E-state index contributed by atoms with van der Waals surface area (Å²) in [5, 5.41) is 2.76. The van der Waals surface area contributed by atoms with Gasteiger partial charge in [-0.05, 0) is 55.7 Å². The molecule has 0 unspecified atom stereocenters. The number of carbonyl (C=O) groups excluding carboxylic acids is 1. The number of benzene rings is 2.